The first-order valence-corrected chi connectivity index (χ1v) is 10.8. The van der Waals surface area contributed by atoms with Crippen LogP contribution < -0.4 is 10.0 Å². The lowest BCUT2D eigenvalue weighted by Crippen LogP contribution is -2.35. The smallest absolute Gasteiger partial charge is 0.321 e. The van der Waals surface area contributed by atoms with Gasteiger partial charge in [0.15, 0.2) is 11.9 Å². The van der Waals surface area contributed by atoms with Gasteiger partial charge < -0.3 is 10.1 Å². The summed E-state index contributed by atoms with van der Waals surface area (Å²) in [5.41, 5.74) is 0.898. The number of benzene rings is 2. The van der Waals surface area contributed by atoms with Crippen LogP contribution in [0.1, 0.15) is 24.2 Å². The molecule has 1 atom stereocenters. The zero-order valence-corrected chi connectivity index (χ0v) is 18.3. The normalized spacial score (nSPS) is 12.1. The number of carbonyl (C=O) groups excluding carboxylic acids is 3. The molecule has 1 amide bonds. The second kappa shape index (κ2) is 10.0. The van der Waals surface area contributed by atoms with Gasteiger partial charge in [-0.25, -0.2) is 8.42 Å². The van der Waals surface area contributed by atoms with Gasteiger partial charge in [-0.3, -0.25) is 14.4 Å². The zero-order valence-electron chi connectivity index (χ0n) is 15.9. The highest BCUT2D eigenvalue weighted by Crippen LogP contribution is 2.24. The van der Waals surface area contributed by atoms with Crippen LogP contribution in [0, 0.1) is 0 Å². The third kappa shape index (κ3) is 6.53. The number of ether oxygens (including phenoxy) is 1. The molecule has 8 nitrogen and oxygen atoms in total. The molecule has 1 unspecified atom stereocenters. The second-order valence-corrected chi connectivity index (χ2v) is 8.74. The Bertz CT molecular complexity index is 1070. The standard InChI is InChI=1S/C19H18Cl2N2O6S/c1-11(24)13-3-5-14(6-4-13)23-19(26)12(2)29-18(25)10-22-30(27,28)15-7-8-16(20)17(21)9-15/h3-9,12,22H,10H2,1-2H3,(H,23,26). The van der Waals surface area contributed by atoms with Crippen LogP contribution in [0.2, 0.25) is 10.0 Å². The van der Waals surface area contributed by atoms with Gasteiger partial charge in [-0.2, -0.15) is 4.72 Å². The average molecular weight is 473 g/mol. The van der Waals surface area contributed by atoms with E-state index in [9.17, 15) is 22.8 Å². The monoisotopic (exact) mass is 472 g/mol. The summed E-state index contributed by atoms with van der Waals surface area (Å²) in [6.45, 7) is 2.07. The van der Waals surface area contributed by atoms with Crippen molar-refractivity contribution in [1.29, 1.82) is 0 Å². The maximum Gasteiger partial charge on any atom is 0.321 e. The van der Waals surface area contributed by atoms with E-state index in [0.29, 0.717) is 11.3 Å². The van der Waals surface area contributed by atoms with Crippen LogP contribution in [-0.2, 0) is 24.3 Å². The highest BCUT2D eigenvalue weighted by Gasteiger charge is 2.21. The summed E-state index contributed by atoms with van der Waals surface area (Å²) >= 11 is 11.6. The second-order valence-electron chi connectivity index (χ2n) is 6.16. The van der Waals surface area contributed by atoms with Gasteiger partial charge in [0.2, 0.25) is 10.0 Å². The van der Waals surface area contributed by atoms with Crippen molar-refractivity contribution in [3.8, 4) is 0 Å². The van der Waals surface area contributed by atoms with Crippen molar-refractivity contribution in [2.24, 2.45) is 0 Å². The van der Waals surface area contributed by atoms with Crippen molar-refractivity contribution in [3.63, 3.8) is 0 Å². The third-order valence-corrected chi connectivity index (χ3v) is 5.98. The molecule has 0 aliphatic rings. The molecule has 160 valence electrons. The van der Waals surface area contributed by atoms with Gasteiger partial charge in [-0.15, -0.1) is 0 Å². The molecule has 2 aromatic rings. The van der Waals surface area contributed by atoms with E-state index in [4.69, 9.17) is 27.9 Å². The highest BCUT2D eigenvalue weighted by atomic mass is 35.5. The summed E-state index contributed by atoms with van der Waals surface area (Å²) < 4.78 is 31.4. The molecule has 30 heavy (non-hydrogen) atoms. The molecular formula is C19H18Cl2N2O6S. The van der Waals surface area contributed by atoms with Crippen molar-refractivity contribution in [2.45, 2.75) is 24.8 Å². The molecule has 0 radical (unpaired) electrons. The van der Waals surface area contributed by atoms with Crippen LogP contribution in [0.4, 0.5) is 5.69 Å². The number of Topliss-reactive ketones (excluding diaryl/α,β-unsaturated/α-hetero) is 1. The number of hydrogen-bond acceptors (Lipinski definition) is 6. The van der Waals surface area contributed by atoms with E-state index in [2.05, 4.69) is 10.0 Å². The number of rotatable bonds is 8. The molecule has 0 saturated carbocycles. The van der Waals surface area contributed by atoms with Crippen molar-refractivity contribution >= 4 is 56.6 Å². The predicted molar refractivity (Wildman–Crippen MR) is 112 cm³/mol. The summed E-state index contributed by atoms with van der Waals surface area (Å²) in [6.07, 6.45) is -1.18. The lowest BCUT2D eigenvalue weighted by Gasteiger charge is -2.14. The van der Waals surface area contributed by atoms with Gasteiger partial charge in [0.25, 0.3) is 5.91 Å². The SMILES string of the molecule is CC(=O)c1ccc(NC(=O)C(C)OC(=O)CNS(=O)(=O)c2ccc(Cl)c(Cl)c2)cc1. The lowest BCUT2D eigenvalue weighted by atomic mass is 10.1. The molecule has 0 aromatic heterocycles. The number of anilines is 1. The highest BCUT2D eigenvalue weighted by molar-refractivity contribution is 7.89. The number of amides is 1. The van der Waals surface area contributed by atoms with E-state index in [-0.39, 0.29) is 20.7 Å². The Morgan fingerprint density at radius 1 is 1.03 bits per heavy atom. The molecule has 0 heterocycles. The first-order valence-electron chi connectivity index (χ1n) is 8.55. The average Bonchev–Trinajstić information content (AvgIpc) is 2.68. The summed E-state index contributed by atoms with van der Waals surface area (Å²) in [4.78, 5) is 35.1. The Morgan fingerprint density at radius 3 is 2.23 bits per heavy atom. The number of nitrogens with one attached hydrogen (secondary N) is 2. The number of hydrogen-bond donors (Lipinski definition) is 2. The van der Waals surface area contributed by atoms with Crippen LogP contribution in [0.5, 0.6) is 0 Å². The van der Waals surface area contributed by atoms with Crippen LogP contribution in [0.25, 0.3) is 0 Å². The fourth-order valence-electron chi connectivity index (χ4n) is 2.21. The van der Waals surface area contributed by atoms with Crippen LogP contribution in [0.15, 0.2) is 47.4 Å². The van der Waals surface area contributed by atoms with Gasteiger partial charge >= 0.3 is 5.97 Å². The van der Waals surface area contributed by atoms with E-state index in [1.807, 2.05) is 0 Å². The summed E-state index contributed by atoms with van der Waals surface area (Å²) in [6, 6.07) is 9.86. The van der Waals surface area contributed by atoms with Crippen molar-refractivity contribution < 1.29 is 27.5 Å². The lowest BCUT2D eigenvalue weighted by molar-refractivity contribution is -0.151. The molecule has 0 aliphatic heterocycles. The largest absolute Gasteiger partial charge is 0.452 e. The molecule has 0 spiro atoms. The summed E-state index contributed by atoms with van der Waals surface area (Å²) in [5.74, 6) is -1.68. The van der Waals surface area contributed by atoms with E-state index in [0.717, 1.165) is 6.07 Å². The molecule has 2 aromatic carbocycles. The van der Waals surface area contributed by atoms with Gasteiger partial charge in [0, 0.05) is 11.3 Å². The number of halogens is 2. The van der Waals surface area contributed by atoms with Gasteiger partial charge in [0.1, 0.15) is 6.54 Å². The molecular weight excluding hydrogens is 455 g/mol. The molecule has 2 N–H and O–H groups in total. The topological polar surface area (TPSA) is 119 Å². The molecule has 0 saturated heterocycles. The Kier molecular flexibility index (Phi) is 7.96. The minimum atomic E-state index is -4.03. The van der Waals surface area contributed by atoms with Crippen LogP contribution in [-0.4, -0.2) is 38.7 Å². The Morgan fingerprint density at radius 2 is 1.67 bits per heavy atom. The fraction of sp³-hybridized carbons (Fsp3) is 0.211. The molecule has 0 fully saturated rings. The van der Waals surface area contributed by atoms with Crippen LogP contribution >= 0.6 is 23.2 Å². The van der Waals surface area contributed by atoms with Crippen LogP contribution in [0.3, 0.4) is 0 Å². The molecule has 0 aliphatic carbocycles. The zero-order chi connectivity index (χ0) is 22.5. The minimum absolute atomic E-state index is 0.0451. The van der Waals surface area contributed by atoms with Gasteiger partial charge in [-0.1, -0.05) is 23.2 Å². The van der Waals surface area contributed by atoms with E-state index >= 15 is 0 Å². The predicted octanol–water partition coefficient (Wildman–Crippen LogP) is 3.04. The summed E-state index contributed by atoms with van der Waals surface area (Å²) in [5, 5.41) is 2.76. The Labute approximate surface area is 183 Å². The number of carbonyl (C=O) groups is 3. The van der Waals surface area contributed by atoms with E-state index in [1.54, 1.807) is 12.1 Å². The number of sulfonamides is 1. The fourth-order valence-corrected chi connectivity index (χ4v) is 3.56. The third-order valence-electron chi connectivity index (χ3n) is 3.84. The Balaban J connectivity index is 1.89. The first kappa shape index (κ1) is 23.8. The maximum absolute atomic E-state index is 12.2. The van der Waals surface area contributed by atoms with Gasteiger partial charge in [0.05, 0.1) is 14.9 Å². The maximum atomic E-state index is 12.2. The van der Waals surface area contributed by atoms with E-state index in [1.165, 1.54) is 38.1 Å². The van der Waals surface area contributed by atoms with Crippen molar-refractivity contribution in [3.05, 3.63) is 58.1 Å². The molecule has 2 rings (SSSR count). The quantitative estimate of drug-likeness (QED) is 0.450. The van der Waals surface area contributed by atoms with E-state index < -0.39 is 34.5 Å². The molecule has 11 heteroatoms. The summed E-state index contributed by atoms with van der Waals surface area (Å²) in [7, 11) is -4.03. The number of ketones is 1. The Hall–Kier alpha value is -2.46. The van der Waals surface area contributed by atoms with Crippen molar-refractivity contribution in [2.75, 3.05) is 11.9 Å². The minimum Gasteiger partial charge on any atom is -0.452 e. The first-order chi connectivity index (χ1) is 14.0. The molecule has 0 bridgehead atoms. The van der Waals surface area contributed by atoms with Gasteiger partial charge in [-0.05, 0) is 56.3 Å². The van der Waals surface area contributed by atoms with Crippen molar-refractivity contribution in [1.82, 2.24) is 4.72 Å². The number of esters is 1.